The molecule has 0 bridgehead atoms. The van der Waals surface area contributed by atoms with Crippen LogP contribution in [0, 0.1) is 0 Å². The van der Waals surface area contributed by atoms with Crippen molar-refractivity contribution in [1.82, 2.24) is 14.5 Å². The molecule has 2 aromatic carbocycles. The second-order valence-electron chi connectivity index (χ2n) is 9.18. The summed E-state index contributed by atoms with van der Waals surface area (Å²) in [6, 6.07) is 11.3. The average Bonchev–Trinajstić information content (AvgIpc) is 3.44. The van der Waals surface area contributed by atoms with Crippen LogP contribution >= 0.6 is 11.8 Å². The van der Waals surface area contributed by atoms with Crippen molar-refractivity contribution in [1.29, 1.82) is 0 Å². The Labute approximate surface area is 222 Å². The number of thioether (sulfide) groups is 1. The molecule has 1 amide bonds. The molecule has 1 aliphatic rings. The van der Waals surface area contributed by atoms with Crippen LogP contribution < -0.4 is 20.3 Å². The van der Waals surface area contributed by atoms with Crippen LogP contribution in [0.4, 0.5) is 5.69 Å². The Morgan fingerprint density at radius 3 is 2.35 bits per heavy atom. The lowest BCUT2D eigenvalue weighted by atomic mass is 10.1. The van der Waals surface area contributed by atoms with Crippen molar-refractivity contribution >= 4 is 34.3 Å². The zero-order valence-corrected chi connectivity index (χ0v) is 22.9. The lowest BCUT2D eigenvalue weighted by molar-refractivity contribution is -0.115. The zero-order valence-electron chi connectivity index (χ0n) is 22.1. The number of nitrogens with zero attached hydrogens (tertiary/aromatic N) is 3. The monoisotopic (exact) mass is 524 g/mol. The Kier molecular flexibility index (Phi) is 9.10. The van der Waals surface area contributed by atoms with E-state index in [-0.39, 0.29) is 11.5 Å². The van der Waals surface area contributed by atoms with Crippen LogP contribution in [0.15, 0.2) is 46.3 Å². The Bertz CT molecular complexity index is 1290. The van der Waals surface area contributed by atoms with Crippen LogP contribution in [0.3, 0.4) is 0 Å². The van der Waals surface area contributed by atoms with Gasteiger partial charge in [0.05, 0.1) is 30.4 Å². The third kappa shape index (κ3) is 6.27. The number of aromatic nitrogens is 2. The fraction of sp³-hybridized carbons (Fsp3) is 0.464. The first-order valence-corrected chi connectivity index (χ1v) is 13.8. The highest BCUT2D eigenvalue weighted by atomic mass is 32.2. The minimum Gasteiger partial charge on any atom is -0.493 e. The predicted molar refractivity (Wildman–Crippen MR) is 149 cm³/mol. The largest absolute Gasteiger partial charge is 0.493 e. The maximum atomic E-state index is 13.7. The normalized spacial score (nSPS) is 14.6. The molecule has 8 nitrogen and oxygen atoms in total. The Morgan fingerprint density at radius 1 is 1.05 bits per heavy atom. The van der Waals surface area contributed by atoms with E-state index in [1.807, 2.05) is 31.2 Å². The molecule has 1 saturated heterocycles. The number of methoxy groups -OCH3 is 2. The molecule has 1 fully saturated rings. The van der Waals surface area contributed by atoms with Crippen LogP contribution in [-0.2, 0) is 17.8 Å². The first-order chi connectivity index (χ1) is 18.0. The van der Waals surface area contributed by atoms with Gasteiger partial charge in [-0.15, -0.1) is 0 Å². The number of nitrogens with one attached hydrogen (secondary N) is 1. The molecule has 198 valence electrons. The number of hydrogen-bond donors (Lipinski definition) is 1. The van der Waals surface area contributed by atoms with Crippen molar-refractivity contribution in [2.75, 3.05) is 39.2 Å². The van der Waals surface area contributed by atoms with E-state index >= 15 is 0 Å². The van der Waals surface area contributed by atoms with Gasteiger partial charge in [-0.3, -0.25) is 14.2 Å². The Hall–Kier alpha value is -3.04. The van der Waals surface area contributed by atoms with Crippen molar-refractivity contribution in [2.45, 2.75) is 56.5 Å². The first-order valence-electron chi connectivity index (χ1n) is 12.9. The van der Waals surface area contributed by atoms with Gasteiger partial charge in [-0.1, -0.05) is 37.7 Å². The van der Waals surface area contributed by atoms with E-state index in [9.17, 15) is 9.59 Å². The van der Waals surface area contributed by atoms with E-state index in [0.717, 1.165) is 31.7 Å². The standard InChI is InChI=1S/C28H36N4O4S/c1-5-19-9-11-20(12-10-19)29-26(33)25(6-2)37-28-30-22-18-24(36-4)23(35-3)17-21(22)27(34)32(28)16-15-31-13-7-8-14-31/h9-12,17-18,25H,5-8,13-16H2,1-4H3,(H,29,33). The molecule has 9 heteroatoms. The second-order valence-corrected chi connectivity index (χ2v) is 10.3. The molecular weight excluding hydrogens is 488 g/mol. The topological polar surface area (TPSA) is 85.7 Å². The molecule has 2 heterocycles. The van der Waals surface area contributed by atoms with Crippen LogP contribution in [0.1, 0.15) is 38.7 Å². The molecule has 1 unspecified atom stereocenters. The van der Waals surface area contributed by atoms with Crippen LogP contribution in [-0.4, -0.2) is 59.5 Å². The molecule has 3 aromatic rings. The summed E-state index contributed by atoms with van der Waals surface area (Å²) in [4.78, 5) is 34.2. The van der Waals surface area contributed by atoms with E-state index in [1.165, 1.54) is 30.2 Å². The first kappa shape index (κ1) is 27.0. The van der Waals surface area contributed by atoms with Gasteiger partial charge in [0.25, 0.3) is 5.56 Å². The van der Waals surface area contributed by atoms with Gasteiger partial charge in [0, 0.05) is 24.8 Å². The van der Waals surface area contributed by atoms with Gasteiger partial charge < -0.3 is 19.7 Å². The Morgan fingerprint density at radius 2 is 1.73 bits per heavy atom. The average molecular weight is 525 g/mol. The predicted octanol–water partition coefficient (Wildman–Crippen LogP) is 4.58. The van der Waals surface area contributed by atoms with E-state index in [4.69, 9.17) is 14.5 Å². The van der Waals surface area contributed by atoms with Gasteiger partial charge >= 0.3 is 0 Å². The molecule has 0 radical (unpaired) electrons. The van der Waals surface area contributed by atoms with Gasteiger partial charge in [-0.25, -0.2) is 4.98 Å². The number of amides is 1. The molecule has 4 rings (SSSR count). The van der Waals surface area contributed by atoms with E-state index in [2.05, 4.69) is 17.1 Å². The number of fused-ring (bicyclic) bond motifs is 1. The number of carbonyl (C=O) groups is 1. The quantitative estimate of drug-likeness (QED) is 0.290. The summed E-state index contributed by atoms with van der Waals surface area (Å²) in [6.45, 7) is 7.43. The highest BCUT2D eigenvalue weighted by Crippen LogP contribution is 2.32. The van der Waals surface area contributed by atoms with Crippen molar-refractivity contribution in [3.05, 3.63) is 52.3 Å². The summed E-state index contributed by atoms with van der Waals surface area (Å²) in [5.41, 5.74) is 2.36. The SMILES string of the molecule is CCc1ccc(NC(=O)C(CC)Sc2nc3cc(OC)c(OC)cc3c(=O)n2CCN2CCCC2)cc1. The number of anilines is 1. The third-order valence-corrected chi connectivity index (χ3v) is 8.16. The number of likely N-dealkylation sites (tertiary alicyclic amines) is 1. The summed E-state index contributed by atoms with van der Waals surface area (Å²) in [5.74, 6) is 0.887. The minimum absolute atomic E-state index is 0.107. The van der Waals surface area contributed by atoms with Gasteiger partial charge in [0.1, 0.15) is 0 Å². The number of rotatable bonds is 11. The molecule has 1 atom stereocenters. The highest BCUT2D eigenvalue weighted by molar-refractivity contribution is 8.00. The number of benzene rings is 2. The lowest BCUT2D eigenvalue weighted by Crippen LogP contribution is -2.32. The van der Waals surface area contributed by atoms with Crippen LogP contribution in [0.25, 0.3) is 10.9 Å². The third-order valence-electron chi connectivity index (χ3n) is 6.80. The molecular formula is C28H36N4O4S. The number of carbonyl (C=O) groups excluding carboxylic acids is 1. The summed E-state index contributed by atoms with van der Waals surface area (Å²) in [7, 11) is 3.11. The fourth-order valence-corrected chi connectivity index (χ4v) is 5.60. The Balaban J connectivity index is 1.67. The number of ether oxygens (including phenoxy) is 2. The van der Waals surface area contributed by atoms with E-state index in [0.29, 0.717) is 40.5 Å². The number of aryl methyl sites for hydroxylation is 1. The second kappa shape index (κ2) is 12.5. The summed E-state index contributed by atoms with van der Waals surface area (Å²) >= 11 is 1.33. The maximum absolute atomic E-state index is 13.7. The molecule has 37 heavy (non-hydrogen) atoms. The summed E-state index contributed by atoms with van der Waals surface area (Å²) in [5, 5.41) is 3.62. The lowest BCUT2D eigenvalue weighted by Gasteiger charge is -2.20. The minimum atomic E-state index is -0.409. The molecule has 0 saturated carbocycles. The molecule has 0 aliphatic carbocycles. The van der Waals surface area contributed by atoms with Crippen LogP contribution in [0.2, 0.25) is 0 Å². The fourth-order valence-electron chi connectivity index (χ4n) is 4.56. The highest BCUT2D eigenvalue weighted by Gasteiger charge is 2.24. The molecule has 1 aliphatic heterocycles. The molecule has 1 N–H and O–H groups in total. The molecule has 0 spiro atoms. The van der Waals surface area contributed by atoms with Gasteiger partial charge in [0.2, 0.25) is 5.91 Å². The summed E-state index contributed by atoms with van der Waals surface area (Å²) in [6.07, 6.45) is 3.90. The van der Waals surface area contributed by atoms with E-state index < -0.39 is 5.25 Å². The van der Waals surface area contributed by atoms with Crippen LogP contribution in [0.5, 0.6) is 11.5 Å². The molecule has 1 aromatic heterocycles. The smallest absolute Gasteiger partial charge is 0.262 e. The van der Waals surface area contributed by atoms with E-state index in [1.54, 1.807) is 30.9 Å². The maximum Gasteiger partial charge on any atom is 0.262 e. The number of hydrogen-bond acceptors (Lipinski definition) is 7. The zero-order chi connectivity index (χ0) is 26.4. The summed E-state index contributed by atoms with van der Waals surface area (Å²) < 4.78 is 12.6. The van der Waals surface area contributed by atoms with Crippen molar-refractivity contribution < 1.29 is 14.3 Å². The van der Waals surface area contributed by atoms with Gasteiger partial charge in [0.15, 0.2) is 16.7 Å². The van der Waals surface area contributed by atoms with Gasteiger partial charge in [-0.2, -0.15) is 0 Å². The van der Waals surface area contributed by atoms with Crippen molar-refractivity contribution in [3.63, 3.8) is 0 Å². The van der Waals surface area contributed by atoms with Crippen molar-refractivity contribution in [3.8, 4) is 11.5 Å². The van der Waals surface area contributed by atoms with Gasteiger partial charge in [-0.05, 0) is 62.5 Å². The van der Waals surface area contributed by atoms with Crippen molar-refractivity contribution in [2.24, 2.45) is 0 Å².